The van der Waals surface area contributed by atoms with Crippen LogP contribution in [0.2, 0.25) is 0 Å². The third-order valence-electron chi connectivity index (χ3n) is 3.29. The first-order chi connectivity index (χ1) is 8.81. The average molecular weight is 237 g/mol. The fraction of sp³-hybridized carbons (Fsp3) is 0.133. The second-order valence-corrected chi connectivity index (χ2v) is 4.41. The molecule has 0 saturated carbocycles. The Bertz CT molecular complexity index is 698. The average Bonchev–Trinajstić information content (AvgIpc) is 2.74. The van der Waals surface area contributed by atoms with Gasteiger partial charge in [0.15, 0.2) is 0 Å². The first kappa shape index (κ1) is 11.0. The molecule has 3 nitrogen and oxygen atoms in total. The molecule has 3 aromatic rings. The van der Waals surface area contributed by atoms with Crippen LogP contribution >= 0.6 is 0 Å². The van der Waals surface area contributed by atoms with Crippen LogP contribution in [0.1, 0.15) is 11.3 Å². The number of nitrogens with one attached hydrogen (secondary N) is 1. The molecule has 0 aliphatic carbocycles. The van der Waals surface area contributed by atoms with Gasteiger partial charge < -0.3 is 10.7 Å². The molecule has 1 aromatic carbocycles. The lowest BCUT2D eigenvalue weighted by Gasteiger charge is -2.07. The Morgan fingerprint density at radius 3 is 2.89 bits per heavy atom. The summed E-state index contributed by atoms with van der Waals surface area (Å²) in [7, 11) is 0. The zero-order valence-electron chi connectivity index (χ0n) is 10.3. The number of nitrogens with zero attached hydrogens (tertiary/aromatic N) is 1. The number of aromatic nitrogens is 2. The zero-order chi connectivity index (χ0) is 12.5. The van der Waals surface area contributed by atoms with E-state index in [1.54, 1.807) is 0 Å². The van der Waals surface area contributed by atoms with Gasteiger partial charge in [-0.25, -0.2) is 0 Å². The summed E-state index contributed by atoms with van der Waals surface area (Å²) < 4.78 is 0. The minimum Gasteiger partial charge on any atom is -0.358 e. The van der Waals surface area contributed by atoms with Gasteiger partial charge in [-0.1, -0.05) is 18.2 Å². The van der Waals surface area contributed by atoms with Gasteiger partial charge in [0.25, 0.3) is 0 Å². The summed E-state index contributed by atoms with van der Waals surface area (Å²) in [4.78, 5) is 7.56. The molecule has 3 rings (SSSR count). The third-order valence-corrected chi connectivity index (χ3v) is 3.29. The van der Waals surface area contributed by atoms with Gasteiger partial charge in [0.05, 0.1) is 0 Å². The van der Waals surface area contributed by atoms with Crippen LogP contribution in [0.15, 0.2) is 42.7 Å². The molecule has 0 unspecified atom stereocenters. The van der Waals surface area contributed by atoms with E-state index in [-0.39, 0.29) is 0 Å². The van der Waals surface area contributed by atoms with Crippen LogP contribution in [-0.4, -0.2) is 9.97 Å². The van der Waals surface area contributed by atoms with Gasteiger partial charge in [-0.15, -0.1) is 0 Å². The van der Waals surface area contributed by atoms with Crippen LogP contribution in [0.4, 0.5) is 0 Å². The predicted octanol–water partition coefficient (Wildman–Crippen LogP) is 3.00. The Morgan fingerprint density at radius 1 is 1.22 bits per heavy atom. The molecule has 0 aliphatic rings. The lowest BCUT2D eigenvalue weighted by Crippen LogP contribution is -1.99. The lowest BCUT2D eigenvalue weighted by atomic mass is 9.99. The molecule has 0 saturated heterocycles. The standard InChI is InChI=1S/C15H15N3/c1-10-15(12-6-7-17-9-11(12)8-16)13-4-2-3-5-14(13)18-10/h2-7,9,18H,8,16H2,1H3. The van der Waals surface area contributed by atoms with Crippen LogP contribution in [0.3, 0.4) is 0 Å². The summed E-state index contributed by atoms with van der Waals surface area (Å²) in [5.74, 6) is 0. The number of hydrogen-bond acceptors (Lipinski definition) is 2. The summed E-state index contributed by atoms with van der Waals surface area (Å²) in [6, 6.07) is 10.4. The van der Waals surface area contributed by atoms with E-state index < -0.39 is 0 Å². The van der Waals surface area contributed by atoms with Crippen molar-refractivity contribution < 1.29 is 0 Å². The number of benzene rings is 1. The number of para-hydroxylation sites is 1. The molecule has 90 valence electrons. The van der Waals surface area contributed by atoms with Crippen molar-refractivity contribution in [3.8, 4) is 11.1 Å². The number of aryl methyl sites for hydroxylation is 1. The fourth-order valence-electron chi connectivity index (χ4n) is 2.46. The van der Waals surface area contributed by atoms with E-state index >= 15 is 0 Å². The van der Waals surface area contributed by atoms with Gasteiger partial charge in [0.1, 0.15) is 0 Å². The number of fused-ring (bicyclic) bond motifs is 1. The summed E-state index contributed by atoms with van der Waals surface area (Å²) >= 11 is 0. The van der Waals surface area contributed by atoms with E-state index in [2.05, 4.69) is 35.1 Å². The fourth-order valence-corrected chi connectivity index (χ4v) is 2.46. The molecule has 0 fully saturated rings. The second-order valence-electron chi connectivity index (χ2n) is 4.41. The maximum absolute atomic E-state index is 5.80. The highest BCUT2D eigenvalue weighted by atomic mass is 14.7. The topological polar surface area (TPSA) is 54.7 Å². The van der Waals surface area contributed by atoms with Crippen molar-refractivity contribution in [2.24, 2.45) is 5.73 Å². The van der Waals surface area contributed by atoms with Gasteiger partial charge >= 0.3 is 0 Å². The SMILES string of the molecule is Cc1[nH]c2ccccc2c1-c1ccncc1CN. The van der Waals surface area contributed by atoms with Crippen LogP contribution in [-0.2, 0) is 6.54 Å². The van der Waals surface area contributed by atoms with Crippen molar-refractivity contribution in [1.29, 1.82) is 0 Å². The quantitative estimate of drug-likeness (QED) is 0.720. The van der Waals surface area contributed by atoms with Gasteiger partial charge in [-0.3, -0.25) is 4.98 Å². The molecular weight excluding hydrogens is 222 g/mol. The largest absolute Gasteiger partial charge is 0.358 e. The Morgan fingerprint density at radius 2 is 2.06 bits per heavy atom. The minimum absolute atomic E-state index is 0.502. The molecule has 0 amide bonds. The smallest absolute Gasteiger partial charge is 0.0462 e. The maximum atomic E-state index is 5.80. The van der Waals surface area contributed by atoms with Crippen molar-refractivity contribution in [3.63, 3.8) is 0 Å². The monoisotopic (exact) mass is 237 g/mol. The van der Waals surface area contributed by atoms with Gasteiger partial charge in [0, 0.05) is 41.1 Å². The van der Waals surface area contributed by atoms with Crippen LogP contribution in [0.5, 0.6) is 0 Å². The van der Waals surface area contributed by atoms with E-state index in [9.17, 15) is 0 Å². The molecule has 0 spiro atoms. The molecule has 0 radical (unpaired) electrons. The van der Waals surface area contributed by atoms with E-state index in [4.69, 9.17) is 5.73 Å². The number of pyridine rings is 1. The molecular formula is C15H15N3. The molecule has 2 aromatic heterocycles. The molecule has 3 N–H and O–H groups in total. The number of rotatable bonds is 2. The van der Waals surface area contributed by atoms with Crippen molar-refractivity contribution in [2.75, 3.05) is 0 Å². The normalized spacial score (nSPS) is 11.0. The molecule has 3 heteroatoms. The summed E-state index contributed by atoms with van der Waals surface area (Å²) in [5, 5.41) is 1.23. The number of H-pyrrole nitrogens is 1. The number of aromatic amines is 1. The van der Waals surface area contributed by atoms with E-state index in [1.807, 2.05) is 24.5 Å². The van der Waals surface area contributed by atoms with Crippen LogP contribution in [0, 0.1) is 6.92 Å². The molecule has 0 bridgehead atoms. The Hall–Kier alpha value is -2.13. The Kier molecular flexibility index (Phi) is 2.61. The van der Waals surface area contributed by atoms with E-state index in [1.165, 1.54) is 16.5 Å². The van der Waals surface area contributed by atoms with Crippen molar-refractivity contribution >= 4 is 10.9 Å². The van der Waals surface area contributed by atoms with E-state index in [0.717, 1.165) is 16.8 Å². The Labute approximate surface area is 106 Å². The van der Waals surface area contributed by atoms with Crippen LogP contribution < -0.4 is 5.73 Å². The van der Waals surface area contributed by atoms with Crippen molar-refractivity contribution in [3.05, 3.63) is 54.0 Å². The van der Waals surface area contributed by atoms with E-state index in [0.29, 0.717) is 6.54 Å². The molecule has 2 heterocycles. The van der Waals surface area contributed by atoms with Gasteiger partial charge in [-0.05, 0) is 30.2 Å². The second kappa shape index (κ2) is 4.27. The third kappa shape index (κ3) is 1.60. The predicted molar refractivity (Wildman–Crippen MR) is 74.2 cm³/mol. The highest BCUT2D eigenvalue weighted by Gasteiger charge is 2.12. The van der Waals surface area contributed by atoms with Crippen molar-refractivity contribution in [2.45, 2.75) is 13.5 Å². The summed E-state index contributed by atoms with van der Waals surface area (Å²) in [6.45, 7) is 2.60. The highest BCUT2D eigenvalue weighted by molar-refractivity contribution is 5.98. The highest BCUT2D eigenvalue weighted by Crippen LogP contribution is 2.33. The molecule has 0 aliphatic heterocycles. The zero-order valence-corrected chi connectivity index (χ0v) is 10.3. The Balaban J connectivity index is 2.34. The summed E-state index contributed by atoms with van der Waals surface area (Å²) in [6.07, 6.45) is 3.66. The molecule has 0 atom stereocenters. The summed E-state index contributed by atoms with van der Waals surface area (Å²) in [5.41, 5.74) is 11.6. The van der Waals surface area contributed by atoms with Gasteiger partial charge in [-0.2, -0.15) is 0 Å². The lowest BCUT2D eigenvalue weighted by molar-refractivity contribution is 1.05. The van der Waals surface area contributed by atoms with Gasteiger partial charge in [0.2, 0.25) is 0 Å². The number of hydrogen-bond donors (Lipinski definition) is 2. The minimum atomic E-state index is 0.502. The number of nitrogens with two attached hydrogens (primary N) is 1. The first-order valence-electron chi connectivity index (χ1n) is 6.02. The maximum Gasteiger partial charge on any atom is 0.0462 e. The van der Waals surface area contributed by atoms with Crippen molar-refractivity contribution in [1.82, 2.24) is 9.97 Å². The first-order valence-corrected chi connectivity index (χ1v) is 6.02. The van der Waals surface area contributed by atoms with Crippen LogP contribution in [0.25, 0.3) is 22.0 Å². The molecule has 18 heavy (non-hydrogen) atoms.